The Morgan fingerprint density at radius 1 is 0.771 bits per heavy atom. The van der Waals surface area contributed by atoms with Gasteiger partial charge in [-0.25, -0.2) is 0 Å². The quantitative estimate of drug-likeness (QED) is 0.145. The second-order valence-electron chi connectivity index (χ2n) is 11.8. The third kappa shape index (κ3) is 9.92. The minimum atomic E-state index is -0.378. The Balaban J connectivity index is 1.11. The summed E-state index contributed by atoms with van der Waals surface area (Å²) in [7, 11) is 0. The summed E-state index contributed by atoms with van der Waals surface area (Å²) in [5.74, 6) is 4.96. The van der Waals surface area contributed by atoms with Gasteiger partial charge in [0.25, 0.3) is 0 Å². The number of nitrogens with two attached hydrogens (primary N) is 2. The zero-order valence-electron chi connectivity index (χ0n) is 22.5. The standard InChI is InChI=1S/C28H56N6O/c1-21(27-24-17-22-16-23(19-24)20-25(27)18-22)33-14-3-2-8-26(30)28(35)34-15-7-13-32-11-5-4-10-31-12-6-9-29/h21-27,31-33H,2-20,29-30H2,1H3,(H,34,35). The normalized spacial score (nSPS) is 28.8. The van der Waals surface area contributed by atoms with Crippen LogP contribution in [0, 0.1) is 29.6 Å². The zero-order chi connectivity index (χ0) is 24.9. The molecule has 4 rings (SSSR count). The first-order valence-electron chi connectivity index (χ1n) is 15.0. The van der Waals surface area contributed by atoms with Crippen LogP contribution < -0.4 is 32.7 Å². The zero-order valence-corrected chi connectivity index (χ0v) is 22.5. The molecule has 2 atom stereocenters. The Morgan fingerprint density at radius 2 is 1.34 bits per heavy atom. The van der Waals surface area contributed by atoms with Gasteiger partial charge in [0.05, 0.1) is 6.04 Å². The maximum absolute atomic E-state index is 12.3. The van der Waals surface area contributed by atoms with Crippen LogP contribution in [0.15, 0.2) is 0 Å². The van der Waals surface area contributed by atoms with Crippen molar-refractivity contribution in [1.29, 1.82) is 0 Å². The van der Waals surface area contributed by atoms with E-state index in [1.54, 1.807) is 0 Å². The lowest BCUT2D eigenvalue weighted by Gasteiger charge is -2.56. The van der Waals surface area contributed by atoms with Gasteiger partial charge in [-0.05, 0) is 146 Å². The molecule has 4 bridgehead atoms. The Morgan fingerprint density at radius 3 is 1.97 bits per heavy atom. The Kier molecular flexibility index (Phi) is 13.3. The van der Waals surface area contributed by atoms with Crippen molar-refractivity contribution in [2.24, 2.45) is 41.1 Å². The van der Waals surface area contributed by atoms with Crippen LogP contribution in [-0.2, 0) is 4.79 Å². The summed E-state index contributed by atoms with van der Waals surface area (Å²) in [6, 6.07) is 0.255. The number of hydrogen-bond donors (Lipinski definition) is 6. The van der Waals surface area contributed by atoms with Gasteiger partial charge in [-0.15, -0.1) is 0 Å². The number of carbonyl (C=O) groups is 1. The predicted octanol–water partition coefficient (Wildman–Crippen LogP) is 2.35. The largest absolute Gasteiger partial charge is 0.355 e. The van der Waals surface area contributed by atoms with E-state index < -0.39 is 0 Å². The van der Waals surface area contributed by atoms with E-state index in [9.17, 15) is 4.79 Å². The lowest BCUT2D eigenvalue weighted by Crippen LogP contribution is -2.52. The molecule has 4 saturated carbocycles. The molecule has 4 aliphatic rings. The average Bonchev–Trinajstić information content (AvgIpc) is 2.83. The smallest absolute Gasteiger partial charge is 0.236 e. The van der Waals surface area contributed by atoms with Gasteiger partial charge in [0.1, 0.15) is 0 Å². The molecule has 0 aromatic heterocycles. The fourth-order valence-electron chi connectivity index (χ4n) is 7.40. The van der Waals surface area contributed by atoms with Crippen molar-refractivity contribution in [3.05, 3.63) is 0 Å². The van der Waals surface area contributed by atoms with E-state index in [-0.39, 0.29) is 11.9 Å². The molecule has 35 heavy (non-hydrogen) atoms. The summed E-state index contributed by atoms with van der Waals surface area (Å²) in [5.41, 5.74) is 11.6. The van der Waals surface area contributed by atoms with E-state index in [4.69, 9.17) is 11.5 Å². The highest BCUT2D eigenvalue weighted by atomic mass is 16.2. The molecule has 8 N–H and O–H groups in total. The van der Waals surface area contributed by atoms with Crippen molar-refractivity contribution in [1.82, 2.24) is 21.3 Å². The molecule has 4 fully saturated rings. The fourth-order valence-corrected chi connectivity index (χ4v) is 7.40. The number of amides is 1. The molecule has 0 heterocycles. The van der Waals surface area contributed by atoms with Crippen LogP contribution in [0.2, 0.25) is 0 Å². The van der Waals surface area contributed by atoms with Gasteiger partial charge in [0.2, 0.25) is 5.91 Å². The minimum absolute atomic E-state index is 0.00322. The third-order valence-electron chi connectivity index (χ3n) is 8.97. The maximum Gasteiger partial charge on any atom is 0.236 e. The summed E-state index contributed by atoms with van der Waals surface area (Å²) in [6.07, 6.45) is 14.8. The van der Waals surface area contributed by atoms with E-state index in [0.29, 0.717) is 12.6 Å². The van der Waals surface area contributed by atoms with Crippen LogP contribution >= 0.6 is 0 Å². The highest BCUT2D eigenvalue weighted by molar-refractivity contribution is 5.81. The monoisotopic (exact) mass is 492 g/mol. The lowest BCUT2D eigenvalue weighted by molar-refractivity contribution is -0.122. The van der Waals surface area contributed by atoms with Crippen molar-refractivity contribution in [3.8, 4) is 0 Å². The van der Waals surface area contributed by atoms with Crippen molar-refractivity contribution in [2.45, 2.75) is 96.1 Å². The van der Waals surface area contributed by atoms with Gasteiger partial charge in [-0.1, -0.05) is 6.42 Å². The highest BCUT2D eigenvalue weighted by Crippen LogP contribution is 2.57. The molecule has 4 aliphatic carbocycles. The van der Waals surface area contributed by atoms with Crippen molar-refractivity contribution >= 4 is 5.91 Å². The first-order chi connectivity index (χ1) is 17.1. The van der Waals surface area contributed by atoms with Crippen LogP contribution in [-0.4, -0.2) is 63.8 Å². The Bertz CT molecular complexity index is 560. The molecule has 204 valence electrons. The second kappa shape index (κ2) is 16.2. The molecule has 0 spiro atoms. The van der Waals surface area contributed by atoms with Gasteiger partial charge in [-0.2, -0.15) is 0 Å². The van der Waals surface area contributed by atoms with Gasteiger partial charge >= 0.3 is 0 Å². The molecule has 0 aliphatic heterocycles. The van der Waals surface area contributed by atoms with Crippen molar-refractivity contribution in [3.63, 3.8) is 0 Å². The number of carbonyl (C=O) groups excluding carboxylic acids is 1. The molecule has 7 nitrogen and oxygen atoms in total. The van der Waals surface area contributed by atoms with Crippen LogP contribution in [0.1, 0.15) is 84.0 Å². The fraction of sp³-hybridized carbons (Fsp3) is 0.964. The van der Waals surface area contributed by atoms with E-state index in [1.807, 2.05) is 0 Å². The van der Waals surface area contributed by atoms with E-state index in [1.165, 1.54) is 44.9 Å². The molecule has 0 radical (unpaired) electrons. The SMILES string of the molecule is CC(NCCCCC(N)C(=O)NCCCNCCCCNCCCN)C1C2CC3CC(C2)CC1C3. The van der Waals surface area contributed by atoms with E-state index in [2.05, 4.69) is 28.2 Å². The third-order valence-corrected chi connectivity index (χ3v) is 8.97. The highest BCUT2D eigenvalue weighted by Gasteiger charge is 2.49. The van der Waals surface area contributed by atoms with E-state index >= 15 is 0 Å². The van der Waals surface area contributed by atoms with Crippen LogP contribution in [0.3, 0.4) is 0 Å². The van der Waals surface area contributed by atoms with Gasteiger partial charge < -0.3 is 32.7 Å². The molecule has 0 saturated heterocycles. The number of hydrogen-bond acceptors (Lipinski definition) is 6. The minimum Gasteiger partial charge on any atom is -0.355 e. The second-order valence-corrected chi connectivity index (χ2v) is 11.8. The average molecular weight is 493 g/mol. The van der Waals surface area contributed by atoms with Crippen LogP contribution in [0.25, 0.3) is 0 Å². The maximum atomic E-state index is 12.3. The van der Waals surface area contributed by atoms with E-state index in [0.717, 1.165) is 101 Å². The summed E-state index contributed by atoms with van der Waals surface area (Å²) in [4.78, 5) is 12.3. The van der Waals surface area contributed by atoms with Gasteiger partial charge in [0.15, 0.2) is 0 Å². The molecule has 0 aromatic carbocycles. The molecular weight excluding hydrogens is 436 g/mol. The number of unbranched alkanes of at least 4 members (excludes halogenated alkanes) is 2. The Hall–Kier alpha value is -0.730. The van der Waals surface area contributed by atoms with Crippen molar-refractivity contribution in [2.75, 3.05) is 45.8 Å². The van der Waals surface area contributed by atoms with Crippen LogP contribution in [0.4, 0.5) is 0 Å². The topological polar surface area (TPSA) is 117 Å². The number of nitrogens with one attached hydrogen (secondary N) is 4. The number of rotatable bonds is 20. The van der Waals surface area contributed by atoms with Gasteiger partial charge in [0, 0.05) is 12.6 Å². The predicted molar refractivity (Wildman–Crippen MR) is 146 cm³/mol. The lowest BCUT2D eigenvalue weighted by atomic mass is 9.50. The first kappa shape index (κ1) is 28.8. The molecular formula is C28H56N6O. The summed E-state index contributed by atoms with van der Waals surface area (Å²) < 4.78 is 0. The molecule has 1 amide bonds. The summed E-state index contributed by atoms with van der Waals surface area (Å²) >= 11 is 0. The summed E-state index contributed by atoms with van der Waals surface area (Å²) in [5, 5.41) is 13.7. The molecule has 7 heteroatoms. The van der Waals surface area contributed by atoms with Crippen molar-refractivity contribution < 1.29 is 4.79 Å². The van der Waals surface area contributed by atoms with Crippen LogP contribution in [0.5, 0.6) is 0 Å². The molecule has 0 aromatic rings. The first-order valence-corrected chi connectivity index (χ1v) is 15.0. The Labute approximate surface area is 215 Å². The van der Waals surface area contributed by atoms with Gasteiger partial charge in [-0.3, -0.25) is 4.79 Å². The summed E-state index contributed by atoms with van der Waals surface area (Å²) in [6.45, 7) is 8.97. The molecule has 2 unspecified atom stereocenters.